The van der Waals surface area contributed by atoms with Gasteiger partial charge in [-0.2, -0.15) is 13.2 Å². The summed E-state index contributed by atoms with van der Waals surface area (Å²) in [5.41, 5.74) is 0.282. The molecule has 0 bridgehead atoms. The van der Waals surface area contributed by atoms with E-state index in [0.29, 0.717) is 17.2 Å². The summed E-state index contributed by atoms with van der Waals surface area (Å²) in [5.74, 6) is -8.02. The van der Waals surface area contributed by atoms with Crippen molar-refractivity contribution in [1.82, 2.24) is 5.32 Å². The summed E-state index contributed by atoms with van der Waals surface area (Å²) in [6.45, 7) is 9.93. The molecule has 1 nitrogen and oxygen atoms in total. The SMILES string of the molecule is C=C(NC)c1ccc(/C(F)=C/C(c2cc(C)c(C)c(Cl)c2)C(F)(F)F)cc1C(F)(F)C(C)CC. The molecule has 186 valence electrons. The van der Waals surface area contributed by atoms with E-state index in [1.165, 1.54) is 32.2 Å². The van der Waals surface area contributed by atoms with E-state index in [2.05, 4.69) is 11.9 Å². The third-order valence-electron chi connectivity index (χ3n) is 6.16. The molecule has 0 aliphatic heterocycles. The van der Waals surface area contributed by atoms with Crippen LogP contribution in [0, 0.1) is 19.8 Å². The Labute approximate surface area is 201 Å². The summed E-state index contributed by atoms with van der Waals surface area (Å²) < 4.78 is 87.2. The third-order valence-corrected chi connectivity index (χ3v) is 6.56. The lowest BCUT2D eigenvalue weighted by Crippen LogP contribution is -2.25. The highest BCUT2D eigenvalue weighted by molar-refractivity contribution is 6.31. The molecular weight excluding hydrogens is 476 g/mol. The number of benzene rings is 2. The van der Waals surface area contributed by atoms with Crippen LogP contribution in [-0.2, 0) is 5.92 Å². The summed E-state index contributed by atoms with van der Waals surface area (Å²) in [5, 5.41) is 2.82. The van der Waals surface area contributed by atoms with Gasteiger partial charge in [0.1, 0.15) is 11.7 Å². The first kappa shape index (κ1) is 27.8. The van der Waals surface area contributed by atoms with E-state index in [-0.39, 0.29) is 33.8 Å². The lowest BCUT2D eigenvalue weighted by atomic mass is 9.88. The maximum atomic E-state index is 15.2. The Morgan fingerprint density at radius 1 is 1.12 bits per heavy atom. The molecule has 0 fully saturated rings. The molecule has 0 aromatic heterocycles. The topological polar surface area (TPSA) is 12.0 Å². The molecule has 34 heavy (non-hydrogen) atoms. The molecule has 0 saturated carbocycles. The van der Waals surface area contributed by atoms with Crippen LogP contribution in [0.2, 0.25) is 5.02 Å². The second-order valence-electron chi connectivity index (χ2n) is 8.40. The van der Waals surface area contributed by atoms with Crippen LogP contribution >= 0.6 is 11.6 Å². The molecule has 0 aliphatic rings. The summed E-state index contributed by atoms with van der Waals surface area (Å²) in [4.78, 5) is 0. The standard InChI is InChI=1S/C26H28ClF6N/c1-7-15(3)25(29,30)22-11-18(8-9-20(22)17(5)34-6)24(28)13-21(26(31,32)33)19-10-14(2)16(4)23(27)12-19/h8-13,15,21,34H,5,7H2,1-4,6H3/b24-13-. The molecule has 0 radical (unpaired) electrons. The zero-order chi connectivity index (χ0) is 26.0. The summed E-state index contributed by atoms with van der Waals surface area (Å²) >= 11 is 6.06. The summed E-state index contributed by atoms with van der Waals surface area (Å²) in [6, 6.07) is 5.75. The Hall–Kier alpha value is -2.41. The number of allylic oxidation sites excluding steroid dienone is 1. The van der Waals surface area contributed by atoms with Crippen LogP contribution in [0.3, 0.4) is 0 Å². The molecule has 0 amide bonds. The number of rotatable bonds is 8. The van der Waals surface area contributed by atoms with Gasteiger partial charge in [-0.05, 0) is 55.2 Å². The van der Waals surface area contributed by atoms with E-state index in [1.54, 1.807) is 20.8 Å². The number of alkyl halides is 5. The molecule has 2 rings (SSSR count). The predicted molar refractivity (Wildman–Crippen MR) is 127 cm³/mol. The Balaban J connectivity index is 2.68. The highest BCUT2D eigenvalue weighted by atomic mass is 35.5. The number of hydrogen-bond acceptors (Lipinski definition) is 1. The molecule has 2 aromatic rings. The summed E-state index contributed by atoms with van der Waals surface area (Å²) in [7, 11) is 1.50. The molecule has 1 N–H and O–H groups in total. The molecule has 0 heterocycles. The number of aryl methyl sites for hydroxylation is 1. The Kier molecular flexibility index (Phi) is 8.57. The van der Waals surface area contributed by atoms with Crippen LogP contribution < -0.4 is 5.32 Å². The predicted octanol–water partition coefficient (Wildman–Crippen LogP) is 8.94. The first-order valence-electron chi connectivity index (χ1n) is 10.7. The van der Waals surface area contributed by atoms with Crippen molar-refractivity contribution in [2.24, 2.45) is 5.92 Å². The Morgan fingerprint density at radius 2 is 1.74 bits per heavy atom. The molecule has 2 unspecified atom stereocenters. The van der Waals surface area contributed by atoms with Gasteiger partial charge in [-0.15, -0.1) is 0 Å². The van der Waals surface area contributed by atoms with Gasteiger partial charge in [-0.1, -0.05) is 50.2 Å². The van der Waals surface area contributed by atoms with Gasteiger partial charge in [0.05, 0.1) is 0 Å². The molecule has 0 saturated heterocycles. The minimum Gasteiger partial charge on any atom is -0.388 e. The van der Waals surface area contributed by atoms with Gasteiger partial charge in [-0.3, -0.25) is 0 Å². The van der Waals surface area contributed by atoms with E-state index in [0.717, 1.165) is 12.1 Å². The third kappa shape index (κ3) is 5.80. The molecule has 2 aromatic carbocycles. The van der Waals surface area contributed by atoms with Crippen molar-refractivity contribution in [3.05, 3.63) is 81.4 Å². The van der Waals surface area contributed by atoms with Crippen LogP contribution in [0.1, 0.15) is 59.6 Å². The lowest BCUT2D eigenvalue weighted by Gasteiger charge is -2.26. The van der Waals surface area contributed by atoms with E-state index in [9.17, 15) is 13.2 Å². The van der Waals surface area contributed by atoms with Crippen LogP contribution in [0.15, 0.2) is 43.0 Å². The smallest absolute Gasteiger partial charge is 0.388 e. The van der Waals surface area contributed by atoms with Gasteiger partial charge in [0.15, 0.2) is 0 Å². The van der Waals surface area contributed by atoms with Crippen molar-refractivity contribution in [2.45, 2.75) is 52.1 Å². The highest BCUT2D eigenvalue weighted by Crippen LogP contribution is 2.43. The highest BCUT2D eigenvalue weighted by Gasteiger charge is 2.41. The second kappa shape index (κ2) is 10.5. The molecule has 2 atom stereocenters. The zero-order valence-electron chi connectivity index (χ0n) is 19.7. The van der Waals surface area contributed by atoms with Crippen molar-refractivity contribution >= 4 is 23.1 Å². The molecular formula is C26H28ClF6N. The van der Waals surface area contributed by atoms with E-state index < -0.39 is 35.3 Å². The maximum Gasteiger partial charge on any atom is 0.399 e. The monoisotopic (exact) mass is 503 g/mol. The first-order valence-corrected chi connectivity index (χ1v) is 11.1. The van der Waals surface area contributed by atoms with Crippen LogP contribution in [-0.4, -0.2) is 13.2 Å². The molecule has 0 aliphatic carbocycles. The van der Waals surface area contributed by atoms with E-state index >= 15 is 13.2 Å². The van der Waals surface area contributed by atoms with Gasteiger partial charge in [0.2, 0.25) is 0 Å². The van der Waals surface area contributed by atoms with Gasteiger partial charge >= 0.3 is 6.18 Å². The van der Waals surface area contributed by atoms with Gasteiger partial charge in [0, 0.05) is 40.4 Å². The van der Waals surface area contributed by atoms with Gasteiger partial charge < -0.3 is 5.32 Å². The fourth-order valence-corrected chi connectivity index (χ4v) is 3.81. The lowest BCUT2D eigenvalue weighted by molar-refractivity contribution is -0.139. The van der Waals surface area contributed by atoms with Crippen LogP contribution in [0.25, 0.3) is 11.5 Å². The average Bonchev–Trinajstić information content (AvgIpc) is 2.78. The fourth-order valence-electron chi connectivity index (χ4n) is 3.53. The Bertz CT molecular complexity index is 1060. The summed E-state index contributed by atoms with van der Waals surface area (Å²) in [6.07, 6.45) is -4.29. The molecule has 8 heteroatoms. The fraction of sp³-hybridized carbons (Fsp3) is 0.385. The number of hydrogen-bond donors (Lipinski definition) is 1. The van der Waals surface area contributed by atoms with Gasteiger partial charge in [0.25, 0.3) is 5.92 Å². The number of halogens is 7. The minimum atomic E-state index is -4.83. The largest absolute Gasteiger partial charge is 0.399 e. The number of nitrogens with one attached hydrogen (secondary N) is 1. The van der Waals surface area contributed by atoms with Crippen molar-refractivity contribution < 1.29 is 26.3 Å². The van der Waals surface area contributed by atoms with Gasteiger partial charge in [-0.25, -0.2) is 13.2 Å². The molecule has 0 spiro atoms. The van der Waals surface area contributed by atoms with Crippen molar-refractivity contribution in [3.63, 3.8) is 0 Å². The normalized spacial score (nSPS) is 14.6. The van der Waals surface area contributed by atoms with Crippen molar-refractivity contribution in [1.29, 1.82) is 0 Å². The van der Waals surface area contributed by atoms with E-state index in [1.807, 2.05) is 0 Å². The first-order chi connectivity index (χ1) is 15.6. The van der Waals surface area contributed by atoms with E-state index in [4.69, 9.17) is 11.6 Å². The second-order valence-corrected chi connectivity index (χ2v) is 8.81. The minimum absolute atomic E-state index is 0.0673. The van der Waals surface area contributed by atoms with Crippen molar-refractivity contribution in [3.8, 4) is 0 Å². The Morgan fingerprint density at radius 3 is 2.24 bits per heavy atom. The average molecular weight is 504 g/mol. The maximum absolute atomic E-state index is 15.2. The van der Waals surface area contributed by atoms with Crippen LogP contribution in [0.5, 0.6) is 0 Å². The quantitative estimate of drug-likeness (QED) is 0.354. The van der Waals surface area contributed by atoms with Crippen LogP contribution in [0.4, 0.5) is 26.3 Å². The van der Waals surface area contributed by atoms with Crippen molar-refractivity contribution in [2.75, 3.05) is 7.05 Å². The zero-order valence-corrected chi connectivity index (χ0v) is 20.4.